The Hall–Kier alpha value is -2.90. The van der Waals surface area contributed by atoms with Crippen molar-refractivity contribution in [3.63, 3.8) is 0 Å². The Kier molecular flexibility index (Phi) is 6.53. The molecule has 31 heavy (non-hydrogen) atoms. The fourth-order valence-corrected chi connectivity index (χ4v) is 4.44. The highest BCUT2D eigenvalue weighted by molar-refractivity contribution is 9.10. The summed E-state index contributed by atoms with van der Waals surface area (Å²) < 4.78 is 12.4. The lowest BCUT2D eigenvalue weighted by molar-refractivity contribution is 0.0992. The normalized spacial score (nSPS) is 10.8. The maximum atomic E-state index is 12.6. The summed E-state index contributed by atoms with van der Waals surface area (Å²) in [7, 11) is 0. The molecule has 158 valence electrons. The van der Waals surface area contributed by atoms with Crippen LogP contribution >= 0.6 is 27.3 Å². The highest BCUT2D eigenvalue weighted by atomic mass is 79.9. The van der Waals surface area contributed by atoms with Gasteiger partial charge in [-0.25, -0.2) is 4.98 Å². The first-order valence-corrected chi connectivity index (χ1v) is 11.4. The number of hydrogen-bond donors (Lipinski definition) is 1. The highest BCUT2D eigenvalue weighted by Gasteiger charge is 2.15. The molecule has 0 spiro atoms. The van der Waals surface area contributed by atoms with Crippen LogP contribution in [0.2, 0.25) is 0 Å². The SMILES string of the molecule is Cc1ccc(OCc2ccc(C(=O)Nc3nc(C)c(Cc4cccc(Br)c4)s3)o2)cc1. The topological polar surface area (TPSA) is 64.4 Å². The van der Waals surface area contributed by atoms with Crippen molar-refractivity contribution in [1.29, 1.82) is 0 Å². The summed E-state index contributed by atoms with van der Waals surface area (Å²) in [4.78, 5) is 18.2. The molecule has 0 radical (unpaired) electrons. The largest absolute Gasteiger partial charge is 0.486 e. The Morgan fingerprint density at radius 2 is 1.94 bits per heavy atom. The lowest BCUT2D eigenvalue weighted by Crippen LogP contribution is -2.10. The van der Waals surface area contributed by atoms with E-state index in [0.29, 0.717) is 10.9 Å². The lowest BCUT2D eigenvalue weighted by Gasteiger charge is -2.04. The van der Waals surface area contributed by atoms with E-state index in [1.54, 1.807) is 12.1 Å². The molecule has 0 saturated carbocycles. The van der Waals surface area contributed by atoms with Gasteiger partial charge in [0.05, 0.1) is 5.69 Å². The van der Waals surface area contributed by atoms with Crippen LogP contribution in [0.25, 0.3) is 0 Å². The van der Waals surface area contributed by atoms with Crippen LogP contribution in [0.15, 0.2) is 69.6 Å². The third-order valence-electron chi connectivity index (χ3n) is 4.65. The molecule has 5 nitrogen and oxygen atoms in total. The van der Waals surface area contributed by atoms with E-state index in [1.165, 1.54) is 22.5 Å². The molecule has 0 fully saturated rings. The van der Waals surface area contributed by atoms with Crippen LogP contribution in [0.3, 0.4) is 0 Å². The summed E-state index contributed by atoms with van der Waals surface area (Å²) in [5.41, 5.74) is 3.26. The van der Waals surface area contributed by atoms with Crippen molar-refractivity contribution in [3.05, 3.63) is 98.4 Å². The van der Waals surface area contributed by atoms with Crippen LogP contribution < -0.4 is 10.1 Å². The second-order valence-electron chi connectivity index (χ2n) is 7.16. The van der Waals surface area contributed by atoms with Crippen molar-refractivity contribution in [3.8, 4) is 5.75 Å². The molecule has 4 rings (SSSR count). The molecule has 0 saturated heterocycles. The van der Waals surface area contributed by atoms with E-state index in [-0.39, 0.29) is 18.3 Å². The number of nitrogens with one attached hydrogen (secondary N) is 1. The second-order valence-corrected chi connectivity index (χ2v) is 9.16. The van der Waals surface area contributed by atoms with E-state index in [2.05, 4.69) is 38.4 Å². The minimum atomic E-state index is -0.329. The molecule has 7 heteroatoms. The van der Waals surface area contributed by atoms with Crippen molar-refractivity contribution < 1.29 is 13.9 Å². The Morgan fingerprint density at radius 3 is 2.71 bits per heavy atom. The van der Waals surface area contributed by atoms with Crippen molar-refractivity contribution >= 4 is 38.3 Å². The van der Waals surface area contributed by atoms with E-state index in [9.17, 15) is 4.79 Å². The second kappa shape index (κ2) is 9.49. The monoisotopic (exact) mass is 496 g/mol. The van der Waals surface area contributed by atoms with Crippen molar-refractivity contribution in [2.45, 2.75) is 26.9 Å². The van der Waals surface area contributed by atoms with Gasteiger partial charge in [0.1, 0.15) is 18.1 Å². The average Bonchev–Trinajstić information content (AvgIpc) is 3.34. The van der Waals surface area contributed by atoms with Gasteiger partial charge in [-0.3, -0.25) is 10.1 Å². The number of amides is 1. The molecule has 0 aliphatic rings. The first-order chi connectivity index (χ1) is 15.0. The molecule has 0 aliphatic heterocycles. The van der Waals surface area contributed by atoms with Crippen LogP contribution in [0.1, 0.15) is 38.0 Å². The predicted molar refractivity (Wildman–Crippen MR) is 126 cm³/mol. The Balaban J connectivity index is 1.37. The number of rotatable bonds is 7. The number of anilines is 1. The zero-order chi connectivity index (χ0) is 21.8. The number of ether oxygens (including phenoxy) is 1. The van der Waals surface area contributed by atoms with Gasteiger partial charge in [0.2, 0.25) is 0 Å². The fraction of sp³-hybridized carbons (Fsp3) is 0.167. The Morgan fingerprint density at radius 1 is 1.13 bits per heavy atom. The third kappa shape index (κ3) is 5.62. The summed E-state index contributed by atoms with van der Waals surface area (Å²) in [6.07, 6.45) is 0.764. The number of carbonyl (C=O) groups is 1. The van der Waals surface area contributed by atoms with E-state index in [1.807, 2.05) is 50.2 Å². The summed E-state index contributed by atoms with van der Waals surface area (Å²) in [5.74, 6) is 1.23. The summed E-state index contributed by atoms with van der Waals surface area (Å²) in [5, 5.41) is 3.39. The predicted octanol–water partition coefficient (Wildman–Crippen LogP) is 6.54. The van der Waals surface area contributed by atoms with Gasteiger partial charge in [0, 0.05) is 15.8 Å². The number of benzene rings is 2. The average molecular weight is 497 g/mol. The highest BCUT2D eigenvalue weighted by Crippen LogP contribution is 2.27. The smallest absolute Gasteiger partial charge is 0.293 e. The number of hydrogen-bond acceptors (Lipinski definition) is 5. The molecular weight excluding hydrogens is 476 g/mol. The molecule has 4 aromatic rings. The molecule has 0 bridgehead atoms. The minimum absolute atomic E-state index is 0.226. The zero-order valence-electron chi connectivity index (χ0n) is 17.1. The number of thiazole rings is 1. The van der Waals surface area contributed by atoms with Gasteiger partial charge >= 0.3 is 0 Å². The van der Waals surface area contributed by atoms with Crippen LogP contribution in [0, 0.1) is 13.8 Å². The zero-order valence-corrected chi connectivity index (χ0v) is 19.5. The van der Waals surface area contributed by atoms with Crippen LogP contribution in [0.5, 0.6) is 5.75 Å². The Bertz CT molecular complexity index is 1200. The van der Waals surface area contributed by atoms with Gasteiger partial charge in [-0.1, -0.05) is 45.8 Å². The van der Waals surface area contributed by atoms with E-state index >= 15 is 0 Å². The minimum Gasteiger partial charge on any atom is -0.486 e. The number of aryl methyl sites for hydroxylation is 2. The van der Waals surface area contributed by atoms with Gasteiger partial charge in [-0.2, -0.15) is 0 Å². The van der Waals surface area contributed by atoms with Gasteiger partial charge in [0.25, 0.3) is 5.91 Å². The molecule has 1 amide bonds. The number of aromatic nitrogens is 1. The summed E-state index contributed by atoms with van der Waals surface area (Å²) >= 11 is 4.97. The Labute approximate surface area is 193 Å². The molecule has 2 aromatic heterocycles. The molecule has 1 N–H and O–H groups in total. The van der Waals surface area contributed by atoms with E-state index in [4.69, 9.17) is 9.15 Å². The van der Waals surface area contributed by atoms with E-state index in [0.717, 1.165) is 27.2 Å². The number of halogens is 1. The molecule has 2 aromatic carbocycles. The number of furan rings is 1. The van der Waals surface area contributed by atoms with Crippen molar-refractivity contribution in [2.24, 2.45) is 0 Å². The standard InChI is InChI=1S/C24H21BrN2O3S/c1-15-6-8-19(9-7-15)29-14-20-10-11-21(30-20)23(28)27-24-26-16(2)22(31-24)13-17-4-3-5-18(25)12-17/h3-12H,13-14H2,1-2H3,(H,26,27,28). The molecule has 0 unspecified atom stereocenters. The maximum Gasteiger partial charge on any atom is 0.293 e. The molecule has 0 atom stereocenters. The first kappa shape index (κ1) is 21.3. The lowest BCUT2D eigenvalue weighted by atomic mass is 10.1. The van der Waals surface area contributed by atoms with E-state index < -0.39 is 0 Å². The summed E-state index contributed by atoms with van der Waals surface area (Å²) in [6, 6.07) is 19.3. The van der Waals surface area contributed by atoms with Crippen molar-refractivity contribution in [1.82, 2.24) is 4.98 Å². The van der Waals surface area contributed by atoms with Crippen LogP contribution in [0.4, 0.5) is 5.13 Å². The van der Waals surface area contributed by atoms with Crippen LogP contribution in [-0.2, 0) is 13.0 Å². The van der Waals surface area contributed by atoms with Crippen molar-refractivity contribution in [2.75, 3.05) is 5.32 Å². The fourth-order valence-electron chi connectivity index (χ4n) is 3.00. The molecule has 2 heterocycles. The quantitative estimate of drug-likeness (QED) is 0.315. The van der Waals surface area contributed by atoms with Gasteiger partial charge in [0.15, 0.2) is 10.9 Å². The number of carbonyl (C=O) groups excluding carboxylic acids is 1. The molecular formula is C24H21BrN2O3S. The third-order valence-corrected chi connectivity index (χ3v) is 6.22. The van der Waals surface area contributed by atoms with Crippen LogP contribution in [-0.4, -0.2) is 10.9 Å². The van der Waals surface area contributed by atoms with Gasteiger partial charge in [-0.05, 0) is 55.8 Å². The maximum absolute atomic E-state index is 12.6. The van der Waals surface area contributed by atoms with Gasteiger partial charge < -0.3 is 9.15 Å². The number of nitrogens with zero attached hydrogens (tertiary/aromatic N) is 1. The summed E-state index contributed by atoms with van der Waals surface area (Å²) in [6.45, 7) is 4.23. The van der Waals surface area contributed by atoms with Gasteiger partial charge in [-0.15, -0.1) is 11.3 Å². The first-order valence-electron chi connectivity index (χ1n) is 9.76. The molecule has 0 aliphatic carbocycles.